The lowest BCUT2D eigenvalue weighted by Gasteiger charge is -2.02. The third-order valence-electron chi connectivity index (χ3n) is 2.71. The lowest BCUT2D eigenvalue weighted by Crippen LogP contribution is -1.86. The molecular formula is C13H14O3. The molecular weight excluding hydrogens is 204 g/mol. The molecule has 0 aliphatic rings. The van der Waals surface area contributed by atoms with E-state index in [1.807, 2.05) is 26.0 Å². The van der Waals surface area contributed by atoms with Gasteiger partial charge in [0.15, 0.2) is 23.4 Å². The van der Waals surface area contributed by atoms with Crippen LogP contribution >= 0.6 is 0 Å². The predicted molar refractivity (Wildman–Crippen MR) is 62.3 cm³/mol. The van der Waals surface area contributed by atoms with E-state index < -0.39 is 0 Å². The molecule has 2 aromatic rings. The Morgan fingerprint density at radius 3 is 2.75 bits per heavy atom. The highest BCUT2D eigenvalue weighted by molar-refractivity contribution is 5.93. The molecule has 0 saturated carbocycles. The molecule has 0 radical (unpaired) electrons. The van der Waals surface area contributed by atoms with Crippen molar-refractivity contribution >= 4 is 17.3 Å². The fourth-order valence-corrected chi connectivity index (χ4v) is 1.99. The first-order chi connectivity index (χ1) is 7.71. The molecule has 0 aliphatic heterocycles. The molecule has 0 unspecified atom stereocenters. The molecule has 1 aromatic heterocycles. The summed E-state index contributed by atoms with van der Waals surface area (Å²) in [6.45, 7) is 4.00. The number of furan rings is 1. The number of carbonyl (C=O) groups excluding carboxylic acids is 1. The highest BCUT2D eigenvalue weighted by Crippen LogP contribution is 2.33. The smallest absolute Gasteiger partial charge is 0.185 e. The summed E-state index contributed by atoms with van der Waals surface area (Å²) >= 11 is 0. The first-order valence-electron chi connectivity index (χ1n) is 5.26. The largest absolute Gasteiger partial charge is 0.493 e. The maximum Gasteiger partial charge on any atom is 0.185 e. The van der Waals surface area contributed by atoms with Crippen LogP contribution in [0.5, 0.6) is 5.75 Å². The molecule has 84 valence electrons. The van der Waals surface area contributed by atoms with Gasteiger partial charge in [0.05, 0.1) is 7.11 Å². The van der Waals surface area contributed by atoms with Crippen molar-refractivity contribution in [2.75, 3.05) is 7.11 Å². The summed E-state index contributed by atoms with van der Waals surface area (Å²) in [5.41, 5.74) is 2.70. The van der Waals surface area contributed by atoms with Gasteiger partial charge in [0.2, 0.25) is 0 Å². The van der Waals surface area contributed by atoms with Gasteiger partial charge in [-0.2, -0.15) is 0 Å². The average molecular weight is 218 g/mol. The van der Waals surface area contributed by atoms with Gasteiger partial charge in [-0.15, -0.1) is 0 Å². The Morgan fingerprint density at radius 2 is 2.19 bits per heavy atom. The van der Waals surface area contributed by atoms with Gasteiger partial charge in [0.1, 0.15) is 0 Å². The van der Waals surface area contributed by atoms with Crippen LogP contribution in [-0.2, 0) is 6.42 Å². The summed E-state index contributed by atoms with van der Waals surface area (Å²) in [7, 11) is 1.60. The lowest BCUT2D eigenvalue weighted by molar-refractivity contribution is 0.110. The van der Waals surface area contributed by atoms with Gasteiger partial charge in [-0.3, -0.25) is 4.79 Å². The van der Waals surface area contributed by atoms with Gasteiger partial charge in [-0.05, 0) is 31.0 Å². The van der Waals surface area contributed by atoms with Crippen LogP contribution in [0.25, 0.3) is 11.0 Å². The SMILES string of the molecule is CCc1c(C=O)oc2c(OC)cc(C)cc12. The minimum Gasteiger partial charge on any atom is -0.493 e. The first kappa shape index (κ1) is 10.7. The normalized spacial score (nSPS) is 10.7. The van der Waals surface area contributed by atoms with Gasteiger partial charge in [0.25, 0.3) is 0 Å². The van der Waals surface area contributed by atoms with E-state index in [1.54, 1.807) is 7.11 Å². The van der Waals surface area contributed by atoms with Crippen molar-refractivity contribution in [2.24, 2.45) is 0 Å². The summed E-state index contributed by atoms with van der Waals surface area (Å²) < 4.78 is 10.8. The molecule has 0 atom stereocenters. The Hall–Kier alpha value is -1.77. The molecule has 1 aromatic carbocycles. The Labute approximate surface area is 94.0 Å². The predicted octanol–water partition coefficient (Wildman–Crippen LogP) is 3.12. The van der Waals surface area contributed by atoms with Crippen molar-refractivity contribution in [2.45, 2.75) is 20.3 Å². The lowest BCUT2D eigenvalue weighted by atomic mass is 10.1. The van der Waals surface area contributed by atoms with Crippen LogP contribution < -0.4 is 4.74 Å². The number of ether oxygens (including phenoxy) is 1. The number of benzene rings is 1. The number of methoxy groups -OCH3 is 1. The standard InChI is InChI=1S/C13H14O3/c1-4-9-10-5-8(2)6-11(15-3)13(10)16-12(9)7-14/h5-7H,4H2,1-3H3. The molecule has 0 spiro atoms. The maximum atomic E-state index is 10.9. The summed E-state index contributed by atoms with van der Waals surface area (Å²) in [6, 6.07) is 3.92. The van der Waals surface area contributed by atoms with E-state index >= 15 is 0 Å². The molecule has 0 aliphatic carbocycles. The van der Waals surface area contributed by atoms with Crippen LogP contribution in [0.1, 0.15) is 28.6 Å². The first-order valence-corrected chi connectivity index (χ1v) is 5.26. The molecule has 0 bridgehead atoms. The van der Waals surface area contributed by atoms with E-state index in [-0.39, 0.29) is 0 Å². The average Bonchev–Trinajstić information content (AvgIpc) is 2.65. The zero-order valence-electron chi connectivity index (χ0n) is 9.66. The summed E-state index contributed by atoms with van der Waals surface area (Å²) in [5.74, 6) is 1.08. The van der Waals surface area contributed by atoms with Crippen molar-refractivity contribution in [3.63, 3.8) is 0 Å². The molecule has 0 saturated heterocycles. The van der Waals surface area contributed by atoms with Crippen molar-refractivity contribution in [1.29, 1.82) is 0 Å². The van der Waals surface area contributed by atoms with Crippen LogP contribution in [0.3, 0.4) is 0 Å². The number of carbonyl (C=O) groups is 1. The number of rotatable bonds is 3. The Morgan fingerprint density at radius 1 is 1.44 bits per heavy atom. The fourth-order valence-electron chi connectivity index (χ4n) is 1.99. The summed E-state index contributed by atoms with van der Waals surface area (Å²) in [5, 5.41) is 0.974. The third kappa shape index (κ3) is 1.48. The Bertz CT molecular complexity index is 538. The summed E-state index contributed by atoms with van der Waals surface area (Å²) in [6.07, 6.45) is 1.53. The van der Waals surface area contributed by atoms with E-state index in [2.05, 4.69) is 0 Å². The van der Waals surface area contributed by atoms with Crippen molar-refractivity contribution < 1.29 is 13.9 Å². The van der Waals surface area contributed by atoms with E-state index in [0.29, 0.717) is 17.1 Å². The molecule has 16 heavy (non-hydrogen) atoms. The Balaban J connectivity index is 2.85. The van der Waals surface area contributed by atoms with Crippen LogP contribution in [0, 0.1) is 6.92 Å². The van der Waals surface area contributed by atoms with E-state index in [1.165, 1.54) is 0 Å². The number of fused-ring (bicyclic) bond motifs is 1. The van der Waals surface area contributed by atoms with Gasteiger partial charge >= 0.3 is 0 Å². The van der Waals surface area contributed by atoms with Crippen LogP contribution in [0.15, 0.2) is 16.5 Å². The molecule has 0 N–H and O–H groups in total. The van der Waals surface area contributed by atoms with E-state index in [0.717, 1.165) is 29.2 Å². The molecule has 2 rings (SSSR count). The Kier molecular flexibility index (Phi) is 2.69. The molecule has 1 heterocycles. The minimum absolute atomic E-state index is 0.404. The molecule has 3 nitrogen and oxygen atoms in total. The number of aryl methyl sites for hydroxylation is 2. The van der Waals surface area contributed by atoms with Crippen molar-refractivity contribution in [3.05, 3.63) is 29.0 Å². The highest BCUT2D eigenvalue weighted by atomic mass is 16.5. The minimum atomic E-state index is 0.404. The highest BCUT2D eigenvalue weighted by Gasteiger charge is 2.15. The van der Waals surface area contributed by atoms with Crippen LogP contribution in [-0.4, -0.2) is 13.4 Å². The fraction of sp³-hybridized carbons (Fsp3) is 0.308. The number of hydrogen-bond acceptors (Lipinski definition) is 3. The quantitative estimate of drug-likeness (QED) is 0.743. The van der Waals surface area contributed by atoms with Crippen molar-refractivity contribution in [3.8, 4) is 5.75 Å². The zero-order chi connectivity index (χ0) is 11.7. The topological polar surface area (TPSA) is 39.4 Å². The van der Waals surface area contributed by atoms with Gasteiger partial charge in [-0.1, -0.05) is 6.92 Å². The maximum absolute atomic E-state index is 10.9. The second-order valence-corrected chi connectivity index (χ2v) is 3.76. The van der Waals surface area contributed by atoms with E-state index in [4.69, 9.17) is 9.15 Å². The number of aldehydes is 1. The van der Waals surface area contributed by atoms with Crippen LogP contribution in [0.4, 0.5) is 0 Å². The monoisotopic (exact) mass is 218 g/mol. The second-order valence-electron chi connectivity index (χ2n) is 3.76. The summed E-state index contributed by atoms with van der Waals surface area (Å²) in [4.78, 5) is 10.9. The third-order valence-corrected chi connectivity index (χ3v) is 2.71. The van der Waals surface area contributed by atoms with Crippen LogP contribution in [0.2, 0.25) is 0 Å². The van der Waals surface area contributed by atoms with Gasteiger partial charge in [0, 0.05) is 10.9 Å². The number of hydrogen-bond donors (Lipinski definition) is 0. The van der Waals surface area contributed by atoms with Gasteiger partial charge in [-0.25, -0.2) is 0 Å². The van der Waals surface area contributed by atoms with Crippen molar-refractivity contribution in [1.82, 2.24) is 0 Å². The zero-order valence-corrected chi connectivity index (χ0v) is 9.66. The second kappa shape index (κ2) is 4.00. The van der Waals surface area contributed by atoms with E-state index in [9.17, 15) is 4.79 Å². The molecule has 0 fully saturated rings. The molecule has 3 heteroatoms. The molecule has 0 amide bonds. The van der Waals surface area contributed by atoms with Gasteiger partial charge < -0.3 is 9.15 Å².